The third kappa shape index (κ3) is 7.81. The van der Waals surface area contributed by atoms with E-state index in [1.165, 1.54) is 32.6 Å². The fourth-order valence-electron chi connectivity index (χ4n) is 2.39. The molecule has 2 N–H and O–H groups in total. The smallest absolute Gasteiger partial charge is 0.246 e. The van der Waals surface area contributed by atoms with Gasteiger partial charge in [-0.1, -0.05) is 63.6 Å². The second-order valence-corrected chi connectivity index (χ2v) is 5.66. The van der Waals surface area contributed by atoms with Gasteiger partial charge >= 0.3 is 0 Å². The van der Waals surface area contributed by atoms with Crippen molar-refractivity contribution in [1.82, 2.24) is 5.32 Å². The Morgan fingerprint density at radius 3 is 2.27 bits per heavy atom. The fraction of sp³-hybridized carbons (Fsp3) is 0.556. The van der Waals surface area contributed by atoms with Crippen LogP contribution in [0.1, 0.15) is 58.8 Å². The molecule has 0 spiro atoms. The number of carbonyl (C=O) groups excluding carboxylic acids is 2. The van der Waals surface area contributed by atoms with Crippen molar-refractivity contribution in [3.8, 4) is 0 Å². The van der Waals surface area contributed by atoms with Crippen LogP contribution >= 0.6 is 0 Å². The van der Waals surface area contributed by atoms with E-state index in [1.54, 1.807) is 0 Å². The Hall–Kier alpha value is -1.84. The van der Waals surface area contributed by atoms with Gasteiger partial charge in [0.15, 0.2) is 0 Å². The molecular weight excluding hydrogens is 276 g/mol. The van der Waals surface area contributed by atoms with E-state index in [4.69, 9.17) is 0 Å². The first-order chi connectivity index (χ1) is 10.6. The van der Waals surface area contributed by atoms with Crippen LogP contribution in [0.15, 0.2) is 30.3 Å². The van der Waals surface area contributed by atoms with Crippen LogP contribution in [0, 0.1) is 0 Å². The Morgan fingerprint density at radius 1 is 1.00 bits per heavy atom. The summed E-state index contributed by atoms with van der Waals surface area (Å²) >= 11 is 0. The molecule has 0 heterocycles. The molecule has 4 nitrogen and oxygen atoms in total. The Kier molecular flexibility index (Phi) is 8.96. The molecule has 0 saturated carbocycles. The van der Waals surface area contributed by atoms with Crippen molar-refractivity contribution < 1.29 is 9.59 Å². The topological polar surface area (TPSA) is 58.2 Å². The fourth-order valence-corrected chi connectivity index (χ4v) is 2.39. The minimum atomic E-state index is -0.455. The number of anilines is 1. The molecule has 0 saturated heterocycles. The Labute approximate surface area is 133 Å². The van der Waals surface area contributed by atoms with Gasteiger partial charge in [-0.25, -0.2) is 0 Å². The predicted molar refractivity (Wildman–Crippen MR) is 90.7 cm³/mol. The summed E-state index contributed by atoms with van der Waals surface area (Å²) in [6.07, 6.45) is 7.69. The van der Waals surface area contributed by atoms with Crippen LogP contribution in [0.25, 0.3) is 0 Å². The van der Waals surface area contributed by atoms with Crippen molar-refractivity contribution in [3.63, 3.8) is 0 Å². The van der Waals surface area contributed by atoms with E-state index >= 15 is 0 Å². The van der Waals surface area contributed by atoms with E-state index in [0.717, 1.165) is 18.5 Å². The lowest BCUT2D eigenvalue weighted by molar-refractivity contribution is -0.125. The van der Waals surface area contributed by atoms with Crippen molar-refractivity contribution in [2.45, 2.75) is 64.8 Å². The average Bonchev–Trinajstić information content (AvgIpc) is 2.50. The number of amides is 2. The highest BCUT2D eigenvalue weighted by molar-refractivity contribution is 5.96. The molecule has 0 aliphatic rings. The van der Waals surface area contributed by atoms with Gasteiger partial charge in [0.05, 0.1) is 0 Å². The molecule has 1 rings (SSSR count). The molecule has 1 atom stereocenters. The van der Waals surface area contributed by atoms with Crippen LogP contribution in [0.4, 0.5) is 5.69 Å². The number of para-hydroxylation sites is 1. The lowest BCUT2D eigenvalue weighted by Gasteiger charge is -2.17. The standard InChI is InChI=1S/C18H28N2O2/c1-3-4-5-6-7-11-14-17(19-15(2)21)18(22)20-16-12-9-8-10-13-16/h8-10,12-13,17H,3-7,11,14H2,1-2H3,(H,19,21)(H,20,22)/t17-/m1/s1. The summed E-state index contributed by atoms with van der Waals surface area (Å²) in [6, 6.07) is 8.87. The van der Waals surface area contributed by atoms with Gasteiger partial charge < -0.3 is 10.6 Å². The number of hydrogen-bond acceptors (Lipinski definition) is 2. The number of nitrogens with one attached hydrogen (secondary N) is 2. The second-order valence-electron chi connectivity index (χ2n) is 5.66. The molecule has 0 aromatic heterocycles. The van der Waals surface area contributed by atoms with Crippen LogP contribution < -0.4 is 10.6 Å². The molecule has 0 aliphatic heterocycles. The minimum Gasteiger partial charge on any atom is -0.345 e. The van der Waals surface area contributed by atoms with Crippen LogP contribution in [-0.4, -0.2) is 17.9 Å². The largest absolute Gasteiger partial charge is 0.345 e. The highest BCUT2D eigenvalue weighted by atomic mass is 16.2. The molecule has 0 fully saturated rings. The lowest BCUT2D eigenvalue weighted by atomic mass is 10.0. The van der Waals surface area contributed by atoms with Gasteiger partial charge in [0.2, 0.25) is 11.8 Å². The van der Waals surface area contributed by atoms with Crippen LogP contribution in [-0.2, 0) is 9.59 Å². The van der Waals surface area contributed by atoms with Gasteiger partial charge in [0.25, 0.3) is 0 Å². The summed E-state index contributed by atoms with van der Waals surface area (Å²) in [5, 5.41) is 5.61. The highest BCUT2D eigenvalue weighted by Gasteiger charge is 2.18. The van der Waals surface area contributed by atoms with Crippen molar-refractivity contribution in [1.29, 1.82) is 0 Å². The summed E-state index contributed by atoms with van der Waals surface area (Å²) in [5.41, 5.74) is 0.755. The first-order valence-corrected chi connectivity index (χ1v) is 8.26. The summed E-state index contributed by atoms with van der Waals surface area (Å²) in [7, 11) is 0. The SMILES string of the molecule is CCCCCCCC[C@@H](NC(C)=O)C(=O)Nc1ccccc1. The number of carbonyl (C=O) groups is 2. The summed E-state index contributed by atoms with van der Waals surface area (Å²) in [4.78, 5) is 23.6. The number of unbranched alkanes of at least 4 members (excludes halogenated alkanes) is 5. The molecule has 1 aromatic carbocycles. The molecule has 4 heteroatoms. The summed E-state index contributed by atoms with van der Waals surface area (Å²) < 4.78 is 0. The molecular formula is C18H28N2O2. The lowest BCUT2D eigenvalue weighted by Crippen LogP contribution is -2.42. The molecule has 2 amide bonds. The number of hydrogen-bond donors (Lipinski definition) is 2. The van der Waals surface area contributed by atoms with Crippen LogP contribution in [0.5, 0.6) is 0 Å². The zero-order valence-electron chi connectivity index (χ0n) is 13.7. The third-order valence-corrected chi connectivity index (χ3v) is 3.58. The second kappa shape index (κ2) is 10.8. The monoisotopic (exact) mass is 304 g/mol. The van der Waals surface area contributed by atoms with Crippen molar-refractivity contribution in [3.05, 3.63) is 30.3 Å². The zero-order chi connectivity index (χ0) is 16.2. The van der Waals surface area contributed by atoms with Gasteiger partial charge in [-0.05, 0) is 18.6 Å². The highest BCUT2D eigenvalue weighted by Crippen LogP contribution is 2.11. The number of benzene rings is 1. The van der Waals surface area contributed by atoms with Gasteiger partial charge in [-0.2, -0.15) is 0 Å². The summed E-state index contributed by atoms with van der Waals surface area (Å²) in [5.74, 6) is -0.311. The first-order valence-electron chi connectivity index (χ1n) is 8.26. The maximum absolute atomic E-state index is 12.3. The van der Waals surface area contributed by atoms with E-state index < -0.39 is 6.04 Å². The van der Waals surface area contributed by atoms with E-state index in [-0.39, 0.29) is 11.8 Å². The molecule has 0 aliphatic carbocycles. The Morgan fingerprint density at radius 2 is 1.64 bits per heavy atom. The predicted octanol–water partition coefficient (Wildman–Crippen LogP) is 3.88. The molecule has 122 valence electrons. The summed E-state index contributed by atoms with van der Waals surface area (Å²) in [6.45, 7) is 3.64. The van der Waals surface area contributed by atoms with E-state index in [1.807, 2.05) is 30.3 Å². The van der Waals surface area contributed by atoms with E-state index in [0.29, 0.717) is 6.42 Å². The normalized spacial score (nSPS) is 11.7. The third-order valence-electron chi connectivity index (χ3n) is 3.58. The Balaban J connectivity index is 2.42. The number of rotatable bonds is 10. The zero-order valence-corrected chi connectivity index (χ0v) is 13.7. The first kappa shape index (κ1) is 18.2. The molecule has 1 aromatic rings. The maximum atomic E-state index is 12.3. The van der Waals surface area contributed by atoms with Crippen LogP contribution in [0.3, 0.4) is 0 Å². The van der Waals surface area contributed by atoms with Gasteiger partial charge in [-0.3, -0.25) is 9.59 Å². The van der Waals surface area contributed by atoms with Crippen molar-refractivity contribution >= 4 is 17.5 Å². The minimum absolute atomic E-state index is 0.144. The van der Waals surface area contributed by atoms with Crippen molar-refractivity contribution in [2.24, 2.45) is 0 Å². The van der Waals surface area contributed by atoms with E-state index in [2.05, 4.69) is 17.6 Å². The molecule has 0 bridgehead atoms. The van der Waals surface area contributed by atoms with Crippen molar-refractivity contribution in [2.75, 3.05) is 5.32 Å². The average molecular weight is 304 g/mol. The van der Waals surface area contributed by atoms with Crippen LogP contribution in [0.2, 0.25) is 0 Å². The Bertz CT molecular complexity index is 446. The quantitative estimate of drug-likeness (QED) is 0.644. The van der Waals surface area contributed by atoms with Gasteiger partial charge in [0, 0.05) is 12.6 Å². The molecule has 22 heavy (non-hydrogen) atoms. The maximum Gasteiger partial charge on any atom is 0.246 e. The van der Waals surface area contributed by atoms with E-state index in [9.17, 15) is 9.59 Å². The molecule has 0 unspecified atom stereocenters. The van der Waals surface area contributed by atoms with Gasteiger partial charge in [-0.15, -0.1) is 0 Å². The molecule has 0 radical (unpaired) electrons. The van der Waals surface area contributed by atoms with Gasteiger partial charge in [0.1, 0.15) is 6.04 Å².